The van der Waals surface area contributed by atoms with Crippen molar-refractivity contribution in [2.75, 3.05) is 5.32 Å². The van der Waals surface area contributed by atoms with Crippen LogP contribution in [0.3, 0.4) is 0 Å². The van der Waals surface area contributed by atoms with Crippen molar-refractivity contribution in [2.24, 2.45) is 0 Å². The number of carbonyl (C=O) groups is 1. The quantitative estimate of drug-likeness (QED) is 0.438. The van der Waals surface area contributed by atoms with E-state index in [0.29, 0.717) is 27.6 Å². The molecule has 0 unspecified atom stereocenters. The van der Waals surface area contributed by atoms with E-state index in [4.69, 9.17) is 11.6 Å². The molecule has 0 bridgehead atoms. The van der Waals surface area contributed by atoms with E-state index in [1.165, 1.54) is 24.3 Å². The Morgan fingerprint density at radius 3 is 2.73 bits per heavy atom. The second kappa shape index (κ2) is 7.80. The van der Waals surface area contributed by atoms with Crippen molar-refractivity contribution in [3.63, 3.8) is 0 Å². The number of nitrogens with zero attached hydrogens (tertiary/aromatic N) is 2. The number of aromatic nitrogens is 2. The van der Waals surface area contributed by atoms with Crippen molar-refractivity contribution in [3.05, 3.63) is 82.4 Å². The molecule has 0 aliphatic rings. The number of rotatable bonds is 4. The molecule has 2 aromatic heterocycles. The third-order valence-corrected chi connectivity index (χ3v) is 5.09. The first-order valence-corrected chi connectivity index (χ1v) is 9.72. The molecular weight excluding hydrogens is 405 g/mol. The van der Waals surface area contributed by atoms with Crippen LogP contribution in [0.4, 0.5) is 10.1 Å². The lowest BCUT2D eigenvalue weighted by molar-refractivity contribution is -0.115. The Kier molecular flexibility index (Phi) is 5.18. The van der Waals surface area contributed by atoms with E-state index in [1.807, 2.05) is 29.7 Å². The fourth-order valence-electron chi connectivity index (χ4n) is 3.35. The highest BCUT2D eigenvalue weighted by Gasteiger charge is 2.19. The zero-order chi connectivity index (χ0) is 21.4. The van der Waals surface area contributed by atoms with Gasteiger partial charge in [-0.1, -0.05) is 17.7 Å². The van der Waals surface area contributed by atoms with Gasteiger partial charge in [-0.2, -0.15) is 0 Å². The summed E-state index contributed by atoms with van der Waals surface area (Å²) >= 11 is 5.96. The van der Waals surface area contributed by atoms with Crippen LogP contribution in [0.15, 0.2) is 54.7 Å². The lowest BCUT2D eigenvalue weighted by Crippen LogP contribution is -2.16. The summed E-state index contributed by atoms with van der Waals surface area (Å²) in [5.74, 6) is -0.707. The number of benzene rings is 2. The average molecular weight is 424 g/mol. The lowest BCUT2D eigenvalue weighted by Gasteiger charge is -2.10. The van der Waals surface area contributed by atoms with Gasteiger partial charge >= 0.3 is 0 Å². The van der Waals surface area contributed by atoms with Crippen molar-refractivity contribution in [2.45, 2.75) is 20.3 Å². The predicted molar refractivity (Wildman–Crippen MR) is 116 cm³/mol. The van der Waals surface area contributed by atoms with Gasteiger partial charge in [-0.05, 0) is 67.4 Å². The van der Waals surface area contributed by atoms with Crippen LogP contribution in [0.1, 0.15) is 16.8 Å². The van der Waals surface area contributed by atoms with Crippen LogP contribution in [0, 0.1) is 19.7 Å². The normalized spacial score (nSPS) is 11.1. The number of anilines is 1. The number of hydrogen-bond donors (Lipinski definition) is 2. The van der Waals surface area contributed by atoms with E-state index < -0.39 is 0 Å². The molecule has 30 heavy (non-hydrogen) atoms. The Morgan fingerprint density at radius 1 is 1.17 bits per heavy atom. The number of pyridine rings is 1. The van der Waals surface area contributed by atoms with Crippen molar-refractivity contribution in [1.29, 1.82) is 0 Å². The fourth-order valence-corrected chi connectivity index (χ4v) is 3.52. The first kappa shape index (κ1) is 19.9. The second-order valence-corrected chi connectivity index (χ2v) is 7.63. The molecule has 2 heterocycles. The van der Waals surface area contributed by atoms with Gasteiger partial charge in [0.25, 0.3) is 0 Å². The van der Waals surface area contributed by atoms with Gasteiger partial charge in [0, 0.05) is 16.8 Å². The third-order valence-electron chi connectivity index (χ3n) is 4.86. The number of nitrogens with one attached hydrogen (secondary N) is 1. The van der Waals surface area contributed by atoms with Crippen LogP contribution in [-0.4, -0.2) is 20.4 Å². The minimum atomic E-state index is -0.337. The van der Waals surface area contributed by atoms with E-state index in [-0.39, 0.29) is 29.6 Å². The number of halogens is 2. The molecule has 4 rings (SSSR count). The molecule has 0 saturated carbocycles. The van der Waals surface area contributed by atoms with E-state index >= 15 is 0 Å². The summed E-state index contributed by atoms with van der Waals surface area (Å²) in [5.41, 5.74) is 4.43. The fraction of sp³-hybridized carbons (Fsp3) is 0.130. The van der Waals surface area contributed by atoms with Crippen LogP contribution in [0.5, 0.6) is 5.75 Å². The highest BCUT2D eigenvalue weighted by Crippen LogP contribution is 2.29. The molecule has 1 amide bonds. The van der Waals surface area contributed by atoms with Crippen molar-refractivity contribution < 1.29 is 14.3 Å². The second-order valence-electron chi connectivity index (χ2n) is 7.19. The number of imidazole rings is 1. The predicted octanol–water partition coefficient (Wildman–Crippen LogP) is 5.30. The van der Waals surface area contributed by atoms with Gasteiger partial charge in [-0.25, -0.2) is 9.37 Å². The largest absolute Gasteiger partial charge is 0.506 e. The minimum absolute atomic E-state index is 0.00231. The maximum Gasteiger partial charge on any atom is 0.230 e. The number of phenols is 1. The van der Waals surface area contributed by atoms with Gasteiger partial charge in [0.1, 0.15) is 17.2 Å². The van der Waals surface area contributed by atoms with Gasteiger partial charge in [0.2, 0.25) is 5.91 Å². The van der Waals surface area contributed by atoms with Crippen molar-refractivity contribution >= 4 is 28.8 Å². The zero-order valence-corrected chi connectivity index (χ0v) is 17.2. The minimum Gasteiger partial charge on any atom is -0.506 e. The first-order chi connectivity index (χ1) is 14.3. The molecule has 0 atom stereocenters. The molecule has 152 valence electrons. The lowest BCUT2D eigenvalue weighted by atomic mass is 10.1. The maximum atomic E-state index is 13.8. The van der Waals surface area contributed by atoms with Crippen LogP contribution in [-0.2, 0) is 11.2 Å². The molecule has 0 saturated heterocycles. The Balaban J connectivity index is 1.76. The molecule has 2 N–H and O–H groups in total. The molecule has 4 aromatic rings. The van der Waals surface area contributed by atoms with Crippen LogP contribution >= 0.6 is 11.6 Å². The standard InChI is InChI=1S/C23H19ClFN3O2/c1-13-3-8-21-27-23(15-4-6-17(25)14(2)9-15)19(28(21)12-13)11-22(30)26-18-10-16(24)5-7-20(18)29/h3-10,12,29H,11H2,1-2H3,(H,26,30). The number of aryl methyl sites for hydroxylation is 2. The van der Waals surface area contributed by atoms with E-state index in [2.05, 4.69) is 10.3 Å². The van der Waals surface area contributed by atoms with Gasteiger partial charge in [-0.3, -0.25) is 4.79 Å². The molecule has 5 nitrogen and oxygen atoms in total. The summed E-state index contributed by atoms with van der Waals surface area (Å²) in [6.45, 7) is 3.64. The van der Waals surface area contributed by atoms with E-state index in [1.54, 1.807) is 19.1 Å². The molecule has 0 aliphatic heterocycles. The third kappa shape index (κ3) is 3.86. The summed E-state index contributed by atoms with van der Waals surface area (Å²) in [5, 5.41) is 13.1. The molecule has 7 heteroatoms. The van der Waals surface area contributed by atoms with Crippen LogP contribution < -0.4 is 5.32 Å². The zero-order valence-electron chi connectivity index (χ0n) is 16.4. The topological polar surface area (TPSA) is 66.6 Å². The maximum absolute atomic E-state index is 13.8. The monoisotopic (exact) mass is 423 g/mol. The number of hydrogen-bond acceptors (Lipinski definition) is 3. The first-order valence-electron chi connectivity index (χ1n) is 9.34. The average Bonchev–Trinajstić information content (AvgIpc) is 3.04. The number of fused-ring (bicyclic) bond motifs is 1. The molecule has 0 aliphatic carbocycles. The van der Waals surface area contributed by atoms with E-state index in [0.717, 1.165) is 11.1 Å². The molecular formula is C23H19ClFN3O2. The Labute approximate surface area is 177 Å². The number of amides is 1. The smallest absolute Gasteiger partial charge is 0.230 e. The van der Waals surface area contributed by atoms with Gasteiger partial charge in [0.05, 0.1) is 23.5 Å². The van der Waals surface area contributed by atoms with Gasteiger partial charge in [0.15, 0.2) is 0 Å². The van der Waals surface area contributed by atoms with Crippen LogP contribution in [0.2, 0.25) is 5.02 Å². The summed E-state index contributed by atoms with van der Waals surface area (Å²) in [6.07, 6.45) is 1.91. The number of phenolic OH excluding ortho intramolecular Hbond substituents is 1. The van der Waals surface area contributed by atoms with Gasteiger partial charge in [-0.15, -0.1) is 0 Å². The molecule has 2 aromatic carbocycles. The summed E-state index contributed by atoms with van der Waals surface area (Å²) in [6, 6.07) is 13.0. The Hall–Kier alpha value is -3.38. The Bertz CT molecular complexity index is 1280. The molecule has 0 spiro atoms. The highest BCUT2D eigenvalue weighted by molar-refractivity contribution is 6.31. The SMILES string of the molecule is Cc1ccc2nc(-c3ccc(F)c(C)c3)c(CC(=O)Nc3cc(Cl)ccc3O)n2c1. The number of carbonyl (C=O) groups excluding carboxylic acids is 1. The number of aromatic hydroxyl groups is 1. The Morgan fingerprint density at radius 2 is 1.97 bits per heavy atom. The van der Waals surface area contributed by atoms with Crippen LogP contribution in [0.25, 0.3) is 16.9 Å². The van der Waals surface area contributed by atoms with Crippen molar-refractivity contribution in [1.82, 2.24) is 9.38 Å². The van der Waals surface area contributed by atoms with E-state index in [9.17, 15) is 14.3 Å². The molecule has 0 fully saturated rings. The highest BCUT2D eigenvalue weighted by atomic mass is 35.5. The van der Waals surface area contributed by atoms with Crippen molar-refractivity contribution in [3.8, 4) is 17.0 Å². The summed E-state index contributed by atoms with van der Waals surface area (Å²) < 4.78 is 15.6. The molecule has 0 radical (unpaired) electrons. The van der Waals surface area contributed by atoms with Gasteiger partial charge < -0.3 is 14.8 Å². The summed E-state index contributed by atoms with van der Waals surface area (Å²) in [7, 11) is 0. The summed E-state index contributed by atoms with van der Waals surface area (Å²) in [4.78, 5) is 17.5.